The zero-order chi connectivity index (χ0) is 16.9. The smallest absolute Gasteiger partial charge is 0.123 e. The Bertz CT molecular complexity index is 650. The fourth-order valence-electron chi connectivity index (χ4n) is 3.22. The lowest BCUT2D eigenvalue weighted by molar-refractivity contribution is 0.272. The molecule has 1 fully saturated rings. The summed E-state index contributed by atoms with van der Waals surface area (Å²) in [5, 5.41) is 0. The molecule has 0 spiro atoms. The molecule has 1 saturated heterocycles. The van der Waals surface area contributed by atoms with Crippen molar-refractivity contribution in [2.24, 2.45) is 0 Å². The molecule has 4 heteroatoms. The van der Waals surface area contributed by atoms with E-state index >= 15 is 0 Å². The third kappa shape index (κ3) is 4.03. The number of rotatable bonds is 4. The summed E-state index contributed by atoms with van der Waals surface area (Å²) in [6.07, 6.45) is 1.89. The number of piperidine rings is 1. The molecule has 0 atom stereocenters. The van der Waals surface area contributed by atoms with Crippen LogP contribution in [-0.2, 0) is 0 Å². The van der Waals surface area contributed by atoms with Crippen LogP contribution in [0, 0.1) is 11.6 Å². The monoisotopic (exact) mass is 347 g/mol. The standard InChI is InChI=1S/C20H20ClF2N/c21-11-14-24-12-9-17(10-13-24)20(15-1-5-18(22)6-2-15)16-3-7-19(23)8-4-16/h1-8H,9-14H2. The minimum absolute atomic E-state index is 0.251. The van der Waals surface area contributed by atoms with Crippen molar-refractivity contribution >= 4 is 17.2 Å². The van der Waals surface area contributed by atoms with Gasteiger partial charge < -0.3 is 4.90 Å². The Morgan fingerprint density at radius 2 is 1.29 bits per heavy atom. The molecule has 0 aromatic heterocycles. The van der Waals surface area contributed by atoms with E-state index in [4.69, 9.17) is 11.6 Å². The van der Waals surface area contributed by atoms with Crippen LogP contribution in [0.1, 0.15) is 24.0 Å². The molecule has 0 saturated carbocycles. The van der Waals surface area contributed by atoms with E-state index in [-0.39, 0.29) is 11.6 Å². The fourth-order valence-corrected chi connectivity index (χ4v) is 3.46. The van der Waals surface area contributed by atoms with E-state index in [0.29, 0.717) is 5.88 Å². The highest BCUT2D eigenvalue weighted by atomic mass is 35.5. The Balaban J connectivity index is 1.97. The lowest BCUT2D eigenvalue weighted by Gasteiger charge is -2.29. The number of nitrogens with zero attached hydrogens (tertiary/aromatic N) is 1. The molecule has 1 heterocycles. The summed E-state index contributed by atoms with van der Waals surface area (Å²) in [7, 11) is 0. The van der Waals surface area contributed by atoms with E-state index in [1.807, 2.05) is 0 Å². The first-order valence-corrected chi connectivity index (χ1v) is 8.73. The van der Waals surface area contributed by atoms with E-state index in [1.165, 1.54) is 29.8 Å². The molecule has 2 aromatic rings. The summed E-state index contributed by atoms with van der Waals surface area (Å²) in [5.41, 5.74) is 4.38. The Kier molecular flexibility index (Phi) is 5.64. The molecule has 0 N–H and O–H groups in total. The molecule has 126 valence electrons. The summed E-state index contributed by atoms with van der Waals surface area (Å²) in [6, 6.07) is 13.1. The summed E-state index contributed by atoms with van der Waals surface area (Å²) in [6.45, 7) is 2.83. The normalized spacial score (nSPS) is 15.5. The molecule has 3 rings (SSSR count). The lowest BCUT2D eigenvalue weighted by atomic mass is 9.88. The second-order valence-electron chi connectivity index (χ2n) is 6.02. The molecular weight excluding hydrogens is 328 g/mol. The van der Waals surface area contributed by atoms with Crippen LogP contribution in [0.2, 0.25) is 0 Å². The number of halogens is 3. The van der Waals surface area contributed by atoms with Crippen molar-refractivity contribution in [2.75, 3.05) is 25.5 Å². The van der Waals surface area contributed by atoms with Gasteiger partial charge in [-0.15, -0.1) is 11.6 Å². The van der Waals surface area contributed by atoms with Crippen LogP contribution in [0.15, 0.2) is 54.1 Å². The largest absolute Gasteiger partial charge is 0.302 e. The van der Waals surface area contributed by atoms with E-state index in [9.17, 15) is 8.78 Å². The van der Waals surface area contributed by atoms with Gasteiger partial charge >= 0.3 is 0 Å². The molecular formula is C20H20ClF2N. The van der Waals surface area contributed by atoms with Crippen LogP contribution in [0.3, 0.4) is 0 Å². The van der Waals surface area contributed by atoms with Gasteiger partial charge in [0, 0.05) is 25.5 Å². The van der Waals surface area contributed by atoms with Crippen molar-refractivity contribution in [1.29, 1.82) is 0 Å². The molecule has 1 aliphatic rings. The van der Waals surface area contributed by atoms with Gasteiger partial charge in [0.25, 0.3) is 0 Å². The first kappa shape index (κ1) is 17.1. The predicted molar refractivity (Wildman–Crippen MR) is 95.2 cm³/mol. The van der Waals surface area contributed by atoms with Crippen molar-refractivity contribution in [3.8, 4) is 0 Å². The molecule has 0 aliphatic carbocycles. The number of benzene rings is 2. The average molecular weight is 348 g/mol. The summed E-state index contributed by atoms with van der Waals surface area (Å²) >= 11 is 5.83. The Labute approximate surface area is 146 Å². The third-order valence-corrected chi connectivity index (χ3v) is 4.65. The average Bonchev–Trinajstić information content (AvgIpc) is 2.60. The highest BCUT2D eigenvalue weighted by Crippen LogP contribution is 2.32. The number of hydrogen-bond donors (Lipinski definition) is 0. The van der Waals surface area contributed by atoms with Gasteiger partial charge in [0.15, 0.2) is 0 Å². The van der Waals surface area contributed by atoms with E-state index in [2.05, 4.69) is 4.90 Å². The van der Waals surface area contributed by atoms with Gasteiger partial charge in [-0.2, -0.15) is 0 Å². The van der Waals surface area contributed by atoms with Crippen LogP contribution < -0.4 is 0 Å². The van der Waals surface area contributed by atoms with Gasteiger partial charge in [0.05, 0.1) is 0 Å². The lowest BCUT2D eigenvalue weighted by Crippen LogP contribution is -2.32. The molecule has 0 bridgehead atoms. The van der Waals surface area contributed by atoms with Crippen molar-refractivity contribution in [1.82, 2.24) is 4.90 Å². The van der Waals surface area contributed by atoms with Crippen LogP contribution in [0.5, 0.6) is 0 Å². The fraction of sp³-hybridized carbons (Fsp3) is 0.300. The van der Waals surface area contributed by atoms with Gasteiger partial charge in [-0.1, -0.05) is 29.8 Å². The van der Waals surface area contributed by atoms with E-state index < -0.39 is 0 Å². The van der Waals surface area contributed by atoms with Gasteiger partial charge in [-0.25, -0.2) is 8.78 Å². The molecule has 1 nitrogen and oxygen atoms in total. The van der Waals surface area contributed by atoms with Crippen LogP contribution in [-0.4, -0.2) is 30.4 Å². The molecule has 0 unspecified atom stereocenters. The molecule has 24 heavy (non-hydrogen) atoms. The van der Waals surface area contributed by atoms with Crippen molar-refractivity contribution < 1.29 is 8.78 Å². The molecule has 1 aliphatic heterocycles. The zero-order valence-electron chi connectivity index (χ0n) is 13.4. The predicted octanol–water partition coefficient (Wildman–Crippen LogP) is 5.10. The molecule has 2 aromatic carbocycles. The second kappa shape index (κ2) is 7.91. The van der Waals surface area contributed by atoms with E-state index in [1.54, 1.807) is 24.3 Å². The first-order chi connectivity index (χ1) is 11.7. The van der Waals surface area contributed by atoms with E-state index in [0.717, 1.165) is 49.2 Å². The Morgan fingerprint density at radius 3 is 1.71 bits per heavy atom. The minimum atomic E-state index is -0.251. The highest BCUT2D eigenvalue weighted by Gasteiger charge is 2.18. The maximum Gasteiger partial charge on any atom is 0.123 e. The summed E-state index contributed by atoms with van der Waals surface area (Å²) in [4.78, 5) is 2.35. The van der Waals surface area contributed by atoms with Crippen LogP contribution in [0.25, 0.3) is 5.57 Å². The first-order valence-electron chi connectivity index (χ1n) is 8.19. The Hall–Kier alpha value is -1.71. The van der Waals surface area contributed by atoms with Crippen molar-refractivity contribution in [2.45, 2.75) is 12.8 Å². The number of hydrogen-bond acceptors (Lipinski definition) is 1. The minimum Gasteiger partial charge on any atom is -0.302 e. The van der Waals surface area contributed by atoms with Crippen molar-refractivity contribution in [3.05, 3.63) is 76.9 Å². The highest BCUT2D eigenvalue weighted by molar-refractivity contribution is 6.18. The molecule has 0 radical (unpaired) electrons. The maximum atomic E-state index is 13.3. The molecule has 0 amide bonds. The number of likely N-dealkylation sites (tertiary alicyclic amines) is 1. The topological polar surface area (TPSA) is 3.24 Å². The SMILES string of the molecule is Fc1ccc(C(=C2CCN(CCCl)CC2)c2ccc(F)cc2)cc1. The van der Waals surface area contributed by atoms with Gasteiger partial charge in [-0.3, -0.25) is 0 Å². The van der Waals surface area contributed by atoms with Crippen LogP contribution in [0.4, 0.5) is 8.78 Å². The summed E-state index contributed by atoms with van der Waals surface area (Å²) < 4.78 is 26.6. The quantitative estimate of drug-likeness (QED) is 0.695. The van der Waals surface area contributed by atoms with Gasteiger partial charge in [-0.05, 0) is 53.8 Å². The third-order valence-electron chi connectivity index (χ3n) is 4.48. The van der Waals surface area contributed by atoms with Crippen molar-refractivity contribution in [3.63, 3.8) is 0 Å². The Morgan fingerprint density at radius 1 is 0.833 bits per heavy atom. The second-order valence-corrected chi connectivity index (χ2v) is 6.40. The maximum absolute atomic E-state index is 13.3. The van der Waals surface area contributed by atoms with Crippen LogP contribution >= 0.6 is 11.6 Å². The number of alkyl halides is 1. The van der Waals surface area contributed by atoms with Gasteiger partial charge in [0.1, 0.15) is 11.6 Å². The zero-order valence-corrected chi connectivity index (χ0v) is 14.2. The summed E-state index contributed by atoms with van der Waals surface area (Å²) in [5.74, 6) is 0.139. The van der Waals surface area contributed by atoms with Gasteiger partial charge in [0.2, 0.25) is 0 Å².